The van der Waals surface area contributed by atoms with E-state index >= 15 is 0 Å². The Hall–Kier alpha value is -3.02. The molecule has 2 aliphatic rings. The summed E-state index contributed by atoms with van der Waals surface area (Å²) in [5, 5.41) is 2.81. The van der Waals surface area contributed by atoms with Crippen LogP contribution in [0.25, 0.3) is 0 Å². The fourth-order valence-electron chi connectivity index (χ4n) is 3.55. The number of benzene rings is 2. The van der Waals surface area contributed by atoms with Gasteiger partial charge in [-0.2, -0.15) is 0 Å². The Kier molecular flexibility index (Phi) is 4.71. The van der Waals surface area contributed by atoms with Gasteiger partial charge in [-0.05, 0) is 36.8 Å². The molecule has 6 heteroatoms. The topological polar surface area (TPSA) is 61.9 Å². The third-order valence-corrected chi connectivity index (χ3v) is 5.07. The molecule has 1 atom stereocenters. The van der Waals surface area contributed by atoms with Gasteiger partial charge in [0.2, 0.25) is 5.91 Å². The molecule has 2 heterocycles. The van der Waals surface area contributed by atoms with Crippen LogP contribution in [0.15, 0.2) is 48.5 Å². The van der Waals surface area contributed by atoms with E-state index in [9.17, 15) is 9.59 Å². The van der Waals surface area contributed by atoms with E-state index in [1.807, 2.05) is 17.0 Å². The smallest absolute Gasteiger partial charge is 0.266 e. The Morgan fingerprint density at radius 1 is 1.11 bits per heavy atom. The van der Waals surface area contributed by atoms with E-state index in [1.165, 1.54) is 11.3 Å². The summed E-state index contributed by atoms with van der Waals surface area (Å²) in [6.07, 6.45) is -0.716. The highest BCUT2D eigenvalue weighted by Gasteiger charge is 2.32. The minimum Gasteiger partial charge on any atom is -0.478 e. The first kappa shape index (κ1) is 17.4. The lowest BCUT2D eigenvalue weighted by atomic mass is 10.1. The number of amides is 2. The number of rotatable bonds is 3. The molecule has 27 heavy (non-hydrogen) atoms. The van der Waals surface area contributed by atoms with E-state index in [0.717, 1.165) is 13.1 Å². The van der Waals surface area contributed by atoms with Crippen molar-refractivity contribution >= 4 is 23.2 Å². The van der Waals surface area contributed by atoms with E-state index in [-0.39, 0.29) is 18.2 Å². The van der Waals surface area contributed by atoms with Crippen LogP contribution >= 0.6 is 0 Å². The maximum absolute atomic E-state index is 12.7. The lowest BCUT2D eigenvalue weighted by molar-refractivity contribution is -0.137. The molecule has 1 fully saturated rings. The fourth-order valence-corrected chi connectivity index (χ4v) is 3.55. The maximum Gasteiger partial charge on any atom is 0.266 e. The van der Waals surface area contributed by atoms with Crippen LogP contribution in [0.2, 0.25) is 0 Å². The third-order valence-electron chi connectivity index (χ3n) is 5.07. The Morgan fingerprint density at radius 2 is 1.89 bits per heavy atom. The number of carbonyl (C=O) groups is 2. The number of para-hydroxylation sites is 2. The van der Waals surface area contributed by atoms with Crippen molar-refractivity contribution in [1.29, 1.82) is 0 Å². The monoisotopic (exact) mass is 365 g/mol. The molecule has 0 bridgehead atoms. The van der Waals surface area contributed by atoms with Crippen molar-refractivity contribution in [2.45, 2.75) is 19.4 Å². The highest BCUT2D eigenvalue weighted by molar-refractivity contribution is 5.99. The summed E-state index contributed by atoms with van der Waals surface area (Å²) in [6.45, 7) is 4.96. The molecule has 1 unspecified atom stereocenters. The van der Waals surface area contributed by atoms with Crippen LogP contribution in [0.4, 0.5) is 11.4 Å². The van der Waals surface area contributed by atoms with E-state index in [1.54, 1.807) is 12.1 Å². The summed E-state index contributed by atoms with van der Waals surface area (Å²) in [5.74, 6) is 0.304. The standard InChI is InChI=1S/C21H23N3O3/c1-15-5-4-6-16(13-15)23-9-11-24(12-10-23)20(25)14-19-21(26)22-17-7-2-3-8-18(17)27-19/h2-8,13,19H,9-12,14H2,1H3,(H,22,26). The number of hydrogen-bond acceptors (Lipinski definition) is 4. The van der Waals surface area contributed by atoms with Crippen LogP contribution in [-0.2, 0) is 9.59 Å². The number of fused-ring (bicyclic) bond motifs is 1. The van der Waals surface area contributed by atoms with Crippen molar-refractivity contribution in [2.24, 2.45) is 0 Å². The third kappa shape index (κ3) is 3.74. The molecule has 4 rings (SSSR count). The summed E-state index contributed by atoms with van der Waals surface area (Å²) in [7, 11) is 0. The molecule has 140 valence electrons. The van der Waals surface area contributed by atoms with Crippen LogP contribution in [0.5, 0.6) is 5.75 Å². The van der Waals surface area contributed by atoms with E-state index < -0.39 is 6.10 Å². The normalized spacial score (nSPS) is 19.1. The Balaban J connectivity index is 1.34. The largest absolute Gasteiger partial charge is 0.478 e. The summed E-state index contributed by atoms with van der Waals surface area (Å²) in [6, 6.07) is 15.7. The maximum atomic E-state index is 12.7. The molecule has 2 aromatic carbocycles. The van der Waals surface area contributed by atoms with Gasteiger partial charge in [-0.25, -0.2) is 0 Å². The first-order valence-electron chi connectivity index (χ1n) is 9.26. The molecular weight excluding hydrogens is 342 g/mol. The minimum absolute atomic E-state index is 0.0431. The lowest BCUT2D eigenvalue weighted by Gasteiger charge is -2.37. The van der Waals surface area contributed by atoms with Crippen molar-refractivity contribution in [3.05, 3.63) is 54.1 Å². The van der Waals surface area contributed by atoms with Gasteiger partial charge in [0.15, 0.2) is 6.10 Å². The van der Waals surface area contributed by atoms with Crippen molar-refractivity contribution in [3.8, 4) is 5.75 Å². The fraction of sp³-hybridized carbons (Fsp3) is 0.333. The molecule has 0 aliphatic carbocycles. The molecule has 0 spiro atoms. The van der Waals surface area contributed by atoms with Gasteiger partial charge in [-0.1, -0.05) is 24.3 Å². The molecule has 2 aromatic rings. The summed E-state index contributed by atoms with van der Waals surface area (Å²) < 4.78 is 5.74. The van der Waals surface area contributed by atoms with Gasteiger partial charge in [0.1, 0.15) is 5.75 Å². The van der Waals surface area contributed by atoms with Crippen LogP contribution in [0.1, 0.15) is 12.0 Å². The molecule has 1 N–H and O–H groups in total. The summed E-state index contributed by atoms with van der Waals surface area (Å²) in [5.41, 5.74) is 3.07. The number of anilines is 2. The molecule has 1 saturated heterocycles. The molecule has 0 aromatic heterocycles. The average molecular weight is 365 g/mol. The zero-order valence-corrected chi connectivity index (χ0v) is 15.4. The lowest BCUT2D eigenvalue weighted by Crippen LogP contribution is -2.50. The Morgan fingerprint density at radius 3 is 2.67 bits per heavy atom. The molecule has 2 aliphatic heterocycles. The first-order chi connectivity index (χ1) is 13.1. The Bertz CT molecular complexity index is 859. The molecule has 2 amide bonds. The number of carbonyl (C=O) groups excluding carboxylic acids is 2. The number of hydrogen-bond donors (Lipinski definition) is 1. The second kappa shape index (κ2) is 7.31. The quantitative estimate of drug-likeness (QED) is 0.908. The predicted octanol–water partition coefficient (Wildman–Crippen LogP) is 2.43. The predicted molar refractivity (Wildman–Crippen MR) is 104 cm³/mol. The van der Waals surface area contributed by atoms with Gasteiger partial charge in [0.05, 0.1) is 12.1 Å². The Labute approximate surface area is 158 Å². The average Bonchev–Trinajstić information content (AvgIpc) is 2.68. The molecule has 0 saturated carbocycles. The number of nitrogens with zero attached hydrogens (tertiary/aromatic N) is 2. The first-order valence-corrected chi connectivity index (χ1v) is 9.26. The number of ether oxygens (including phenoxy) is 1. The number of aryl methyl sites for hydroxylation is 1. The molecular formula is C21H23N3O3. The van der Waals surface area contributed by atoms with Crippen LogP contribution < -0.4 is 15.0 Å². The van der Waals surface area contributed by atoms with Crippen molar-refractivity contribution in [3.63, 3.8) is 0 Å². The summed E-state index contributed by atoms with van der Waals surface area (Å²) in [4.78, 5) is 29.0. The minimum atomic E-state index is -0.776. The van der Waals surface area contributed by atoms with Crippen molar-refractivity contribution in [1.82, 2.24) is 4.90 Å². The zero-order valence-electron chi connectivity index (χ0n) is 15.4. The van der Waals surface area contributed by atoms with Crippen molar-refractivity contribution < 1.29 is 14.3 Å². The second-order valence-corrected chi connectivity index (χ2v) is 7.00. The SMILES string of the molecule is Cc1cccc(N2CCN(C(=O)CC3Oc4ccccc4NC3=O)CC2)c1. The van der Waals surface area contributed by atoms with E-state index in [4.69, 9.17) is 4.74 Å². The number of piperazine rings is 1. The second-order valence-electron chi connectivity index (χ2n) is 7.00. The van der Waals surface area contributed by atoms with Gasteiger partial charge in [-0.3, -0.25) is 9.59 Å². The van der Waals surface area contributed by atoms with Crippen molar-refractivity contribution in [2.75, 3.05) is 36.4 Å². The van der Waals surface area contributed by atoms with Gasteiger partial charge < -0.3 is 19.9 Å². The van der Waals surface area contributed by atoms with E-state index in [2.05, 4.69) is 41.4 Å². The van der Waals surface area contributed by atoms with E-state index in [0.29, 0.717) is 24.5 Å². The van der Waals surface area contributed by atoms with Crippen LogP contribution in [0, 0.1) is 6.92 Å². The van der Waals surface area contributed by atoms with Crippen LogP contribution in [0.3, 0.4) is 0 Å². The molecule has 6 nitrogen and oxygen atoms in total. The molecule has 0 radical (unpaired) electrons. The number of nitrogens with one attached hydrogen (secondary N) is 1. The van der Waals surface area contributed by atoms with Gasteiger partial charge in [0.25, 0.3) is 5.91 Å². The highest BCUT2D eigenvalue weighted by atomic mass is 16.5. The van der Waals surface area contributed by atoms with Gasteiger partial charge in [-0.15, -0.1) is 0 Å². The van der Waals surface area contributed by atoms with Gasteiger partial charge >= 0.3 is 0 Å². The van der Waals surface area contributed by atoms with Gasteiger partial charge in [0, 0.05) is 31.9 Å². The van der Waals surface area contributed by atoms with Crippen LogP contribution in [-0.4, -0.2) is 49.0 Å². The highest BCUT2D eigenvalue weighted by Crippen LogP contribution is 2.30. The zero-order chi connectivity index (χ0) is 18.8. The summed E-state index contributed by atoms with van der Waals surface area (Å²) >= 11 is 0.